The molecule has 0 unspecified atom stereocenters. The summed E-state index contributed by atoms with van der Waals surface area (Å²) < 4.78 is 27.4. The van der Waals surface area contributed by atoms with Crippen molar-refractivity contribution in [2.75, 3.05) is 4.72 Å². The van der Waals surface area contributed by atoms with Gasteiger partial charge in [0.15, 0.2) is 0 Å². The Hall–Kier alpha value is -2.08. The van der Waals surface area contributed by atoms with E-state index in [0.29, 0.717) is 5.69 Å². The molecule has 21 heavy (non-hydrogen) atoms. The molecule has 2 N–H and O–H groups in total. The number of hydrogen-bond acceptors (Lipinski definition) is 3. The molecule has 5 nitrogen and oxygen atoms in total. The van der Waals surface area contributed by atoms with Crippen LogP contribution >= 0.6 is 0 Å². The molecule has 0 saturated heterocycles. The van der Waals surface area contributed by atoms with Crippen LogP contribution in [-0.4, -0.2) is 13.4 Å². The molecular formula is C15H16N2O3S. The third kappa shape index (κ3) is 2.85. The Morgan fingerprint density at radius 3 is 2.62 bits per heavy atom. The number of pyridine rings is 1. The van der Waals surface area contributed by atoms with Crippen LogP contribution in [0.2, 0.25) is 0 Å². The Morgan fingerprint density at radius 2 is 1.86 bits per heavy atom. The van der Waals surface area contributed by atoms with Gasteiger partial charge in [0.25, 0.3) is 10.0 Å². The lowest BCUT2D eigenvalue weighted by molar-refractivity contribution is 0.600. The van der Waals surface area contributed by atoms with Gasteiger partial charge in [-0.1, -0.05) is 12.1 Å². The van der Waals surface area contributed by atoms with Gasteiger partial charge in [0.05, 0.1) is 5.69 Å². The summed E-state index contributed by atoms with van der Waals surface area (Å²) in [7, 11) is -3.68. The van der Waals surface area contributed by atoms with Crippen molar-refractivity contribution in [2.45, 2.75) is 30.6 Å². The van der Waals surface area contributed by atoms with Crippen LogP contribution < -0.4 is 10.3 Å². The van der Waals surface area contributed by atoms with E-state index in [-0.39, 0.29) is 10.5 Å². The van der Waals surface area contributed by atoms with Crippen molar-refractivity contribution in [3.05, 3.63) is 58.0 Å². The first-order valence-electron chi connectivity index (χ1n) is 6.88. The molecule has 0 spiro atoms. The highest BCUT2D eigenvalue weighted by Crippen LogP contribution is 2.29. The normalized spacial score (nSPS) is 14.5. The molecule has 2 aromatic rings. The van der Waals surface area contributed by atoms with E-state index in [1.807, 2.05) is 12.1 Å². The maximum atomic E-state index is 12.4. The Kier molecular flexibility index (Phi) is 3.55. The smallest absolute Gasteiger partial charge is 0.263 e. The lowest BCUT2D eigenvalue weighted by atomic mass is 9.91. The highest BCUT2D eigenvalue weighted by molar-refractivity contribution is 7.92. The van der Waals surface area contributed by atoms with Crippen LogP contribution in [0.5, 0.6) is 0 Å². The second-order valence-electron chi connectivity index (χ2n) is 5.14. The molecule has 1 aromatic carbocycles. The van der Waals surface area contributed by atoms with Crippen molar-refractivity contribution in [2.24, 2.45) is 0 Å². The Morgan fingerprint density at radius 1 is 1.05 bits per heavy atom. The van der Waals surface area contributed by atoms with Crippen molar-refractivity contribution >= 4 is 15.7 Å². The van der Waals surface area contributed by atoms with Crippen LogP contribution in [0, 0.1) is 0 Å². The molecule has 110 valence electrons. The van der Waals surface area contributed by atoms with Gasteiger partial charge >= 0.3 is 0 Å². The molecule has 6 heteroatoms. The number of aryl methyl sites for hydroxylation is 1. The minimum absolute atomic E-state index is 0.0514. The van der Waals surface area contributed by atoms with Gasteiger partial charge in [-0.05, 0) is 48.9 Å². The lowest BCUT2D eigenvalue weighted by Crippen LogP contribution is -2.17. The van der Waals surface area contributed by atoms with Gasteiger partial charge in [0, 0.05) is 12.3 Å². The molecule has 1 heterocycles. The molecule has 0 aliphatic heterocycles. The van der Waals surface area contributed by atoms with E-state index in [1.54, 1.807) is 6.07 Å². The van der Waals surface area contributed by atoms with Crippen molar-refractivity contribution in [3.8, 4) is 0 Å². The first kappa shape index (κ1) is 13.9. The number of nitrogens with one attached hydrogen (secondary N) is 2. The zero-order valence-electron chi connectivity index (χ0n) is 11.4. The summed E-state index contributed by atoms with van der Waals surface area (Å²) in [5, 5.41) is 0. The molecule has 0 saturated carbocycles. The number of sulfonamides is 1. The summed E-state index contributed by atoms with van der Waals surface area (Å²) in [6.45, 7) is 0. The Labute approximate surface area is 123 Å². The lowest BCUT2D eigenvalue weighted by Gasteiger charge is -2.20. The second kappa shape index (κ2) is 5.37. The minimum Gasteiger partial charge on any atom is -0.328 e. The molecule has 1 aliphatic rings. The topological polar surface area (TPSA) is 79.0 Å². The van der Waals surface area contributed by atoms with Gasteiger partial charge in [-0.2, -0.15) is 0 Å². The van der Waals surface area contributed by atoms with Crippen LogP contribution in [0.25, 0.3) is 0 Å². The van der Waals surface area contributed by atoms with Crippen molar-refractivity contribution < 1.29 is 8.42 Å². The van der Waals surface area contributed by atoms with Gasteiger partial charge < -0.3 is 4.98 Å². The summed E-state index contributed by atoms with van der Waals surface area (Å²) in [4.78, 5) is 13.5. The first-order valence-corrected chi connectivity index (χ1v) is 8.37. The van der Waals surface area contributed by atoms with E-state index < -0.39 is 10.0 Å². The number of H-pyrrole nitrogens is 1. The van der Waals surface area contributed by atoms with Crippen molar-refractivity contribution in [1.82, 2.24) is 4.98 Å². The minimum atomic E-state index is -3.68. The monoisotopic (exact) mass is 304 g/mol. The zero-order valence-corrected chi connectivity index (χ0v) is 12.2. The Bertz CT molecular complexity index is 805. The highest BCUT2D eigenvalue weighted by atomic mass is 32.2. The van der Waals surface area contributed by atoms with Gasteiger partial charge in [-0.3, -0.25) is 9.52 Å². The summed E-state index contributed by atoms with van der Waals surface area (Å²) >= 11 is 0. The van der Waals surface area contributed by atoms with E-state index in [1.165, 1.54) is 23.9 Å². The van der Waals surface area contributed by atoms with Gasteiger partial charge in [-0.15, -0.1) is 0 Å². The summed E-state index contributed by atoms with van der Waals surface area (Å²) in [6, 6.07) is 8.21. The molecule has 1 aliphatic carbocycles. The predicted molar refractivity (Wildman–Crippen MR) is 81.0 cm³/mol. The number of benzene rings is 1. The number of aromatic amines is 1. The van der Waals surface area contributed by atoms with Crippen LogP contribution in [0.1, 0.15) is 24.0 Å². The zero-order chi connectivity index (χ0) is 14.9. The third-order valence-electron chi connectivity index (χ3n) is 3.71. The van der Waals surface area contributed by atoms with Crippen molar-refractivity contribution in [1.29, 1.82) is 0 Å². The fourth-order valence-electron chi connectivity index (χ4n) is 2.64. The van der Waals surface area contributed by atoms with Crippen LogP contribution in [0.4, 0.5) is 5.69 Å². The van der Waals surface area contributed by atoms with Gasteiger partial charge in [-0.25, -0.2) is 8.42 Å². The Balaban J connectivity index is 1.96. The molecule has 1 aromatic heterocycles. The average Bonchev–Trinajstić information content (AvgIpc) is 2.48. The number of fused-ring (bicyclic) bond motifs is 1. The van der Waals surface area contributed by atoms with Crippen LogP contribution in [0.15, 0.2) is 46.2 Å². The van der Waals surface area contributed by atoms with Crippen LogP contribution in [0.3, 0.4) is 0 Å². The number of anilines is 1. The standard InChI is InChI=1S/C15H16N2O3S/c18-15-9-8-12(10-16-15)21(19,20)17-14-7-3-5-11-4-1-2-6-13(11)14/h3,5,7-10,17H,1-2,4,6H2,(H,16,18). The van der Waals surface area contributed by atoms with E-state index in [2.05, 4.69) is 9.71 Å². The average molecular weight is 304 g/mol. The van der Waals surface area contributed by atoms with E-state index in [0.717, 1.165) is 31.2 Å². The quantitative estimate of drug-likeness (QED) is 0.911. The summed E-state index contributed by atoms with van der Waals surface area (Å²) in [5.74, 6) is 0. The SMILES string of the molecule is O=c1ccc(S(=O)(=O)Nc2cccc3c2CCCC3)c[nH]1. The molecule has 0 fully saturated rings. The second-order valence-corrected chi connectivity index (χ2v) is 6.83. The molecule has 0 bridgehead atoms. The molecule has 0 atom stereocenters. The molecule has 3 rings (SSSR count). The van der Waals surface area contributed by atoms with Crippen LogP contribution in [-0.2, 0) is 22.9 Å². The fourth-order valence-corrected chi connectivity index (χ4v) is 3.70. The predicted octanol–water partition coefficient (Wildman–Crippen LogP) is 2.05. The largest absolute Gasteiger partial charge is 0.328 e. The van der Waals surface area contributed by atoms with Gasteiger partial charge in [0.1, 0.15) is 4.90 Å². The maximum absolute atomic E-state index is 12.4. The number of hydrogen-bond donors (Lipinski definition) is 2. The number of rotatable bonds is 3. The van der Waals surface area contributed by atoms with Crippen molar-refractivity contribution in [3.63, 3.8) is 0 Å². The number of aromatic nitrogens is 1. The molecule has 0 amide bonds. The first-order chi connectivity index (χ1) is 10.1. The highest BCUT2D eigenvalue weighted by Gasteiger charge is 2.19. The van der Waals surface area contributed by atoms with E-state index >= 15 is 0 Å². The maximum Gasteiger partial charge on any atom is 0.263 e. The fraction of sp³-hybridized carbons (Fsp3) is 0.267. The van der Waals surface area contributed by atoms with E-state index in [4.69, 9.17) is 0 Å². The molecular weight excluding hydrogens is 288 g/mol. The third-order valence-corrected chi connectivity index (χ3v) is 5.07. The summed E-state index contributed by atoms with van der Waals surface area (Å²) in [6.07, 6.45) is 5.30. The summed E-state index contributed by atoms with van der Waals surface area (Å²) in [5.41, 5.74) is 2.60. The molecule has 0 radical (unpaired) electrons. The van der Waals surface area contributed by atoms with Gasteiger partial charge in [0.2, 0.25) is 5.56 Å². The van der Waals surface area contributed by atoms with E-state index in [9.17, 15) is 13.2 Å².